The highest BCUT2D eigenvalue weighted by Crippen LogP contribution is 2.15. The Kier molecular flexibility index (Phi) is 3.00. The largest absolute Gasteiger partial charge is 0.375 e. The van der Waals surface area contributed by atoms with E-state index in [9.17, 15) is 0 Å². The van der Waals surface area contributed by atoms with Gasteiger partial charge in [-0.05, 0) is 13.8 Å². The predicted octanol–water partition coefficient (Wildman–Crippen LogP) is 2.15. The molecule has 0 aliphatic rings. The second-order valence-corrected chi connectivity index (χ2v) is 2.91. The number of nitrogens with zero attached hydrogens (tertiary/aromatic N) is 2. The molecule has 12 heavy (non-hydrogen) atoms. The summed E-state index contributed by atoms with van der Waals surface area (Å²) in [5.41, 5.74) is 1.54. The van der Waals surface area contributed by atoms with Crippen LogP contribution >= 0.6 is 11.6 Å². The Labute approximate surface area is 76.7 Å². The molecule has 0 N–H and O–H groups in total. The number of aromatic nitrogens is 2. The first kappa shape index (κ1) is 9.42. The zero-order valence-corrected chi connectivity index (χ0v) is 8.09. The van der Waals surface area contributed by atoms with Crippen LogP contribution in [0.15, 0.2) is 6.20 Å². The van der Waals surface area contributed by atoms with Crippen LogP contribution in [-0.4, -0.2) is 17.1 Å². The van der Waals surface area contributed by atoms with E-state index < -0.39 is 0 Å². The first-order valence-electron chi connectivity index (χ1n) is 3.67. The summed E-state index contributed by atoms with van der Waals surface area (Å²) in [6.45, 7) is 3.73. The lowest BCUT2D eigenvalue weighted by molar-refractivity contribution is 0.115. The molecule has 1 unspecified atom stereocenters. The van der Waals surface area contributed by atoms with Crippen molar-refractivity contribution in [2.24, 2.45) is 0 Å². The fraction of sp³-hybridized carbons (Fsp3) is 0.500. The van der Waals surface area contributed by atoms with E-state index in [0.717, 1.165) is 11.4 Å². The van der Waals surface area contributed by atoms with E-state index in [0.29, 0.717) is 5.15 Å². The summed E-state index contributed by atoms with van der Waals surface area (Å²) < 4.78 is 5.09. The van der Waals surface area contributed by atoms with Crippen LogP contribution in [0.4, 0.5) is 0 Å². The summed E-state index contributed by atoms with van der Waals surface area (Å²) in [6, 6.07) is 0. The standard InChI is InChI=1S/C8H11ClN2O/c1-5-8(9)10-4-7(11-5)6(2)12-3/h4,6H,1-3H3. The van der Waals surface area contributed by atoms with E-state index in [-0.39, 0.29) is 6.10 Å². The minimum absolute atomic E-state index is 0.0338. The molecule has 1 atom stereocenters. The molecule has 0 radical (unpaired) electrons. The maximum Gasteiger partial charge on any atom is 0.150 e. The molecular formula is C8H11ClN2O. The van der Waals surface area contributed by atoms with Gasteiger partial charge in [-0.3, -0.25) is 4.98 Å². The monoisotopic (exact) mass is 186 g/mol. The molecule has 0 amide bonds. The van der Waals surface area contributed by atoms with Gasteiger partial charge in [0, 0.05) is 7.11 Å². The van der Waals surface area contributed by atoms with Crippen molar-refractivity contribution < 1.29 is 4.74 Å². The fourth-order valence-corrected chi connectivity index (χ4v) is 0.893. The summed E-state index contributed by atoms with van der Waals surface area (Å²) in [5, 5.41) is 0.446. The van der Waals surface area contributed by atoms with Crippen LogP contribution in [0, 0.1) is 6.92 Å². The van der Waals surface area contributed by atoms with Gasteiger partial charge in [0.2, 0.25) is 0 Å². The number of aryl methyl sites for hydroxylation is 1. The molecule has 1 aromatic heterocycles. The SMILES string of the molecule is COC(C)c1cnc(Cl)c(C)n1. The number of rotatable bonds is 2. The summed E-state index contributed by atoms with van der Waals surface area (Å²) in [4.78, 5) is 8.19. The minimum Gasteiger partial charge on any atom is -0.375 e. The molecule has 3 nitrogen and oxygen atoms in total. The Morgan fingerprint density at radius 1 is 1.58 bits per heavy atom. The third-order valence-electron chi connectivity index (χ3n) is 1.68. The average Bonchev–Trinajstić information content (AvgIpc) is 2.08. The number of halogens is 1. The van der Waals surface area contributed by atoms with Crippen molar-refractivity contribution in [3.63, 3.8) is 0 Å². The molecule has 0 fully saturated rings. The van der Waals surface area contributed by atoms with Gasteiger partial charge in [-0.1, -0.05) is 11.6 Å². The third-order valence-corrected chi connectivity index (χ3v) is 2.05. The highest BCUT2D eigenvalue weighted by Gasteiger charge is 2.07. The van der Waals surface area contributed by atoms with Crippen molar-refractivity contribution in [2.45, 2.75) is 20.0 Å². The highest BCUT2D eigenvalue weighted by atomic mass is 35.5. The summed E-state index contributed by atoms with van der Waals surface area (Å²) in [5.74, 6) is 0. The molecule has 0 aromatic carbocycles. The number of hydrogen-bond acceptors (Lipinski definition) is 3. The normalized spacial score (nSPS) is 13.0. The number of hydrogen-bond donors (Lipinski definition) is 0. The topological polar surface area (TPSA) is 35.0 Å². The van der Waals surface area contributed by atoms with E-state index in [1.165, 1.54) is 0 Å². The molecule has 0 saturated heterocycles. The highest BCUT2D eigenvalue weighted by molar-refractivity contribution is 6.29. The van der Waals surface area contributed by atoms with Crippen molar-refractivity contribution in [2.75, 3.05) is 7.11 Å². The van der Waals surface area contributed by atoms with Gasteiger partial charge in [-0.25, -0.2) is 4.98 Å². The Balaban J connectivity index is 2.96. The first-order chi connectivity index (χ1) is 5.65. The van der Waals surface area contributed by atoms with Crippen molar-refractivity contribution in [1.82, 2.24) is 9.97 Å². The third kappa shape index (κ3) is 1.93. The summed E-state index contributed by atoms with van der Waals surface area (Å²) in [6.07, 6.45) is 1.59. The van der Waals surface area contributed by atoms with Gasteiger partial charge in [-0.2, -0.15) is 0 Å². The van der Waals surface area contributed by atoms with Gasteiger partial charge < -0.3 is 4.74 Å². The molecule has 0 aliphatic carbocycles. The van der Waals surface area contributed by atoms with E-state index in [2.05, 4.69) is 9.97 Å². The summed E-state index contributed by atoms with van der Waals surface area (Å²) >= 11 is 5.71. The Bertz CT molecular complexity index is 278. The maximum atomic E-state index is 5.71. The van der Waals surface area contributed by atoms with E-state index in [1.807, 2.05) is 13.8 Å². The Morgan fingerprint density at radius 3 is 2.75 bits per heavy atom. The molecule has 1 heterocycles. The molecule has 1 aromatic rings. The molecule has 0 aliphatic heterocycles. The molecule has 4 heteroatoms. The fourth-order valence-electron chi connectivity index (χ4n) is 0.801. The molecule has 1 rings (SSSR count). The van der Waals surface area contributed by atoms with Crippen molar-refractivity contribution in [1.29, 1.82) is 0 Å². The van der Waals surface area contributed by atoms with Gasteiger partial charge in [-0.15, -0.1) is 0 Å². The van der Waals surface area contributed by atoms with Crippen molar-refractivity contribution >= 4 is 11.6 Å². The molecule has 0 saturated carbocycles. The van der Waals surface area contributed by atoms with Crippen LogP contribution in [0.2, 0.25) is 5.15 Å². The molecular weight excluding hydrogens is 176 g/mol. The Hall–Kier alpha value is -0.670. The van der Waals surface area contributed by atoms with Crippen LogP contribution in [0.25, 0.3) is 0 Å². The molecule has 0 bridgehead atoms. The molecule has 66 valence electrons. The van der Waals surface area contributed by atoms with Crippen molar-refractivity contribution in [3.8, 4) is 0 Å². The predicted molar refractivity (Wildman–Crippen MR) is 47.2 cm³/mol. The van der Waals surface area contributed by atoms with Crippen LogP contribution in [0.1, 0.15) is 24.4 Å². The minimum atomic E-state index is -0.0338. The second-order valence-electron chi connectivity index (χ2n) is 2.55. The average molecular weight is 187 g/mol. The summed E-state index contributed by atoms with van der Waals surface area (Å²) in [7, 11) is 1.64. The number of ether oxygens (including phenoxy) is 1. The maximum absolute atomic E-state index is 5.71. The zero-order valence-electron chi connectivity index (χ0n) is 7.34. The van der Waals surface area contributed by atoms with Crippen LogP contribution in [0.3, 0.4) is 0 Å². The van der Waals surface area contributed by atoms with Gasteiger partial charge in [0.05, 0.1) is 23.7 Å². The smallest absolute Gasteiger partial charge is 0.150 e. The lowest BCUT2D eigenvalue weighted by Crippen LogP contribution is -2.01. The number of methoxy groups -OCH3 is 1. The molecule has 0 spiro atoms. The van der Waals surface area contributed by atoms with E-state index >= 15 is 0 Å². The second kappa shape index (κ2) is 3.83. The van der Waals surface area contributed by atoms with Gasteiger partial charge in [0.1, 0.15) is 5.15 Å². The van der Waals surface area contributed by atoms with Gasteiger partial charge >= 0.3 is 0 Å². The zero-order chi connectivity index (χ0) is 9.14. The Morgan fingerprint density at radius 2 is 2.25 bits per heavy atom. The van der Waals surface area contributed by atoms with Gasteiger partial charge in [0.15, 0.2) is 0 Å². The quantitative estimate of drug-likeness (QED) is 0.710. The van der Waals surface area contributed by atoms with E-state index in [4.69, 9.17) is 16.3 Å². The lowest BCUT2D eigenvalue weighted by atomic mass is 10.3. The van der Waals surface area contributed by atoms with E-state index in [1.54, 1.807) is 13.3 Å². The van der Waals surface area contributed by atoms with Gasteiger partial charge in [0.25, 0.3) is 0 Å². The first-order valence-corrected chi connectivity index (χ1v) is 4.04. The van der Waals surface area contributed by atoms with Crippen LogP contribution in [-0.2, 0) is 4.74 Å². The van der Waals surface area contributed by atoms with Crippen molar-refractivity contribution in [3.05, 3.63) is 22.7 Å². The van der Waals surface area contributed by atoms with Crippen LogP contribution in [0.5, 0.6) is 0 Å². The van der Waals surface area contributed by atoms with Crippen LogP contribution < -0.4 is 0 Å². The lowest BCUT2D eigenvalue weighted by Gasteiger charge is -2.08.